The molecular weight excluding hydrogens is 252 g/mol. The fraction of sp³-hybridized carbons (Fsp3) is 0.667. The Kier molecular flexibility index (Phi) is 3.85. The molecule has 0 saturated carbocycles. The summed E-state index contributed by atoms with van der Waals surface area (Å²) in [6, 6.07) is 0. The van der Waals surface area contributed by atoms with Crippen LogP contribution in [-0.4, -0.2) is 35.0 Å². The van der Waals surface area contributed by atoms with Gasteiger partial charge in [-0.05, 0) is 19.3 Å². The number of aryl methyl sites for hydroxylation is 1. The summed E-state index contributed by atoms with van der Waals surface area (Å²) in [4.78, 5) is 12.2. The van der Waals surface area contributed by atoms with Crippen molar-refractivity contribution in [2.75, 3.05) is 5.75 Å². The van der Waals surface area contributed by atoms with Crippen LogP contribution in [0.5, 0.6) is 0 Å². The smallest absolute Gasteiger partial charge is 0.184 e. The van der Waals surface area contributed by atoms with Crippen LogP contribution in [-0.2, 0) is 16.4 Å². The number of carbonyl (C=O) groups excluding carboxylic acids is 1. The second-order valence-corrected chi connectivity index (χ2v) is 7.01. The molecule has 1 unspecified atom stereocenters. The van der Waals surface area contributed by atoms with Gasteiger partial charge in [-0.15, -0.1) is 0 Å². The van der Waals surface area contributed by atoms with Crippen molar-refractivity contribution >= 4 is 15.6 Å². The first-order valence-electron chi connectivity index (χ1n) is 6.33. The minimum atomic E-state index is -3.26. The van der Waals surface area contributed by atoms with Gasteiger partial charge in [-0.3, -0.25) is 9.48 Å². The summed E-state index contributed by atoms with van der Waals surface area (Å²) in [6.07, 6.45) is 5.97. The van der Waals surface area contributed by atoms with Crippen molar-refractivity contribution in [2.24, 2.45) is 0 Å². The lowest BCUT2D eigenvalue weighted by Crippen LogP contribution is -2.35. The Balaban J connectivity index is 2.19. The molecule has 6 heteroatoms. The highest BCUT2D eigenvalue weighted by Gasteiger charge is 2.35. The van der Waals surface area contributed by atoms with Crippen LogP contribution >= 0.6 is 0 Å². The highest BCUT2D eigenvalue weighted by atomic mass is 32.2. The van der Waals surface area contributed by atoms with Crippen LogP contribution in [0, 0.1) is 0 Å². The number of sulfone groups is 1. The van der Waals surface area contributed by atoms with Gasteiger partial charge in [-0.1, -0.05) is 13.3 Å². The summed E-state index contributed by atoms with van der Waals surface area (Å²) in [5.74, 6) is -0.163. The van der Waals surface area contributed by atoms with Crippen molar-refractivity contribution in [3.8, 4) is 0 Å². The van der Waals surface area contributed by atoms with E-state index in [1.165, 1.54) is 6.20 Å². The van der Waals surface area contributed by atoms with Gasteiger partial charge in [0.15, 0.2) is 15.6 Å². The van der Waals surface area contributed by atoms with E-state index in [9.17, 15) is 13.2 Å². The third-order valence-electron chi connectivity index (χ3n) is 3.24. The number of aromatic nitrogens is 2. The van der Waals surface area contributed by atoms with E-state index in [0.717, 1.165) is 19.4 Å². The van der Waals surface area contributed by atoms with Crippen molar-refractivity contribution in [1.82, 2.24) is 9.78 Å². The van der Waals surface area contributed by atoms with Gasteiger partial charge >= 0.3 is 0 Å². The second kappa shape index (κ2) is 5.22. The Labute approximate surface area is 107 Å². The van der Waals surface area contributed by atoms with Crippen LogP contribution in [0.1, 0.15) is 43.0 Å². The SMILES string of the molecule is CCCn1cc(C(=O)C2CCCCS2(=O)=O)cn1. The molecule has 1 aliphatic rings. The maximum atomic E-state index is 12.2. The molecule has 1 saturated heterocycles. The monoisotopic (exact) mass is 270 g/mol. The van der Waals surface area contributed by atoms with E-state index in [4.69, 9.17) is 0 Å². The predicted molar refractivity (Wildman–Crippen MR) is 68.3 cm³/mol. The average molecular weight is 270 g/mol. The van der Waals surface area contributed by atoms with Crippen LogP contribution in [0.25, 0.3) is 0 Å². The second-order valence-electron chi connectivity index (χ2n) is 4.71. The highest BCUT2D eigenvalue weighted by molar-refractivity contribution is 7.92. The molecule has 0 bridgehead atoms. The number of nitrogens with zero attached hydrogens (tertiary/aromatic N) is 2. The summed E-state index contributed by atoms with van der Waals surface area (Å²) in [7, 11) is -3.26. The van der Waals surface area contributed by atoms with Gasteiger partial charge in [0.1, 0.15) is 5.25 Å². The molecule has 0 radical (unpaired) electrons. The number of hydrogen-bond donors (Lipinski definition) is 0. The zero-order valence-electron chi connectivity index (χ0n) is 10.5. The summed E-state index contributed by atoms with van der Waals surface area (Å²) in [5, 5.41) is 3.21. The fourth-order valence-electron chi connectivity index (χ4n) is 2.28. The third-order valence-corrected chi connectivity index (χ3v) is 5.42. The van der Waals surface area contributed by atoms with E-state index in [1.807, 2.05) is 6.92 Å². The average Bonchev–Trinajstić information content (AvgIpc) is 2.77. The third kappa shape index (κ3) is 2.63. The molecule has 18 heavy (non-hydrogen) atoms. The minimum Gasteiger partial charge on any atom is -0.293 e. The molecule has 0 N–H and O–H groups in total. The van der Waals surface area contributed by atoms with Gasteiger partial charge in [0.05, 0.1) is 17.5 Å². The van der Waals surface area contributed by atoms with E-state index < -0.39 is 15.1 Å². The molecule has 1 aromatic rings. The Morgan fingerprint density at radius 1 is 1.50 bits per heavy atom. The topological polar surface area (TPSA) is 69.0 Å². The molecule has 1 aromatic heterocycles. The largest absolute Gasteiger partial charge is 0.293 e. The summed E-state index contributed by atoms with van der Waals surface area (Å²) < 4.78 is 25.4. The number of ketones is 1. The molecule has 0 aliphatic carbocycles. The standard InChI is InChI=1S/C12H18N2O3S/c1-2-6-14-9-10(8-13-14)12(15)11-5-3-4-7-18(11,16)17/h8-9,11H,2-7H2,1H3. The fourth-order valence-corrected chi connectivity index (χ4v) is 4.16. The molecule has 1 aliphatic heterocycles. The first-order chi connectivity index (χ1) is 8.54. The summed E-state index contributed by atoms with van der Waals surface area (Å²) >= 11 is 0. The summed E-state index contributed by atoms with van der Waals surface area (Å²) in [5.41, 5.74) is 0.416. The Bertz CT molecular complexity index is 533. The molecule has 0 amide bonds. The number of hydrogen-bond acceptors (Lipinski definition) is 4. The quantitative estimate of drug-likeness (QED) is 0.776. The van der Waals surface area contributed by atoms with Crippen LogP contribution in [0.2, 0.25) is 0 Å². The summed E-state index contributed by atoms with van der Waals surface area (Å²) in [6.45, 7) is 2.76. The molecule has 0 spiro atoms. The predicted octanol–water partition coefficient (Wildman–Crippen LogP) is 1.44. The van der Waals surface area contributed by atoms with E-state index in [1.54, 1.807) is 10.9 Å². The normalized spacial score (nSPS) is 22.8. The molecule has 5 nitrogen and oxygen atoms in total. The van der Waals surface area contributed by atoms with Gasteiger partial charge in [0, 0.05) is 12.7 Å². The van der Waals surface area contributed by atoms with E-state index >= 15 is 0 Å². The van der Waals surface area contributed by atoms with Crippen molar-refractivity contribution in [1.29, 1.82) is 0 Å². The molecule has 1 atom stereocenters. The van der Waals surface area contributed by atoms with E-state index in [0.29, 0.717) is 18.4 Å². The van der Waals surface area contributed by atoms with Crippen LogP contribution in [0.4, 0.5) is 0 Å². The lowest BCUT2D eigenvalue weighted by Gasteiger charge is -2.20. The van der Waals surface area contributed by atoms with Crippen LogP contribution < -0.4 is 0 Å². The van der Waals surface area contributed by atoms with Gasteiger partial charge in [-0.25, -0.2) is 8.42 Å². The number of carbonyl (C=O) groups is 1. The highest BCUT2D eigenvalue weighted by Crippen LogP contribution is 2.22. The molecule has 0 aromatic carbocycles. The minimum absolute atomic E-state index is 0.131. The Hall–Kier alpha value is -1.17. The Morgan fingerprint density at radius 2 is 2.28 bits per heavy atom. The molecule has 2 heterocycles. The van der Waals surface area contributed by atoms with E-state index in [2.05, 4.69) is 5.10 Å². The maximum absolute atomic E-state index is 12.2. The number of rotatable bonds is 4. The van der Waals surface area contributed by atoms with Gasteiger partial charge in [0.2, 0.25) is 0 Å². The molecule has 2 rings (SSSR count). The van der Waals surface area contributed by atoms with Crippen LogP contribution in [0.3, 0.4) is 0 Å². The van der Waals surface area contributed by atoms with Gasteiger partial charge in [-0.2, -0.15) is 5.10 Å². The zero-order valence-corrected chi connectivity index (χ0v) is 11.3. The lowest BCUT2D eigenvalue weighted by atomic mass is 10.1. The molecule has 1 fully saturated rings. The molecular formula is C12H18N2O3S. The van der Waals surface area contributed by atoms with Gasteiger partial charge < -0.3 is 0 Å². The van der Waals surface area contributed by atoms with Crippen molar-refractivity contribution in [3.63, 3.8) is 0 Å². The van der Waals surface area contributed by atoms with Crippen molar-refractivity contribution in [2.45, 2.75) is 44.4 Å². The maximum Gasteiger partial charge on any atom is 0.184 e. The van der Waals surface area contributed by atoms with Crippen molar-refractivity contribution in [3.05, 3.63) is 18.0 Å². The Morgan fingerprint density at radius 3 is 2.94 bits per heavy atom. The van der Waals surface area contributed by atoms with Gasteiger partial charge in [0.25, 0.3) is 0 Å². The zero-order chi connectivity index (χ0) is 13.2. The first-order valence-corrected chi connectivity index (χ1v) is 8.04. The number of Topliss-reactive ketones (excluding diaryl/α,β-unsaturated/α-hetero) is 1. The van der Waals surface area contributed by atoms with Crippen LogP contribution in [0.15, 0.2) is 12.4 Å². The first kappa shape index (κ1) is 13.3. The lowest BCUT2D eigenvalue weighted by molar-refractivity contribution is 0.0981. The van der Waals surface area contributed by atoms with Crippen molar-refractivity contribution < 1.29 is 13.2 Å². The molecule has 100 valence electrons. The van der Waals surface area contributed by atoms with E-state index in [-0.39, 0.29) is 11.5 Å².